The molecule has 0 aliphatic rings. The standard InChI is InChI=1S/C15H21F3N2O2/c1-10-5-4-6-12(7-10)11(2)8-19-14(22)20(3)9-13(21)15(16,17)18/h4-7,11,13,21H,8-9H2,1-3H3,(H,19,22)/t11-,13+/m1/s1. The molecule has 0 unspecified atom stereocenters. The second-order valence-electron chi connectivity index (χ2n) is 5.44. The number of amides is 2. The van der Waals surface area contributed by atoms with Crippen LogP contribution in [0.5, 0.6) is 0 Å². The fourth-order valence-electron chi connectivity index (χ4n) is 1.92. The van der Waals surface area contributed by atoms with Gasteiger partial charge < -0.3 is 15.3 Å². The van der Waals surface area contributed by atoms with Crippen molar-refractivity contribution >= 4 is 6.03 Å². The maximum Gasteiger partial charge on any atom is 0.416 e. The first-order valence-corrected chi connectivity index (χ1v) is 6.91. The minimum Gasteiger partial charge on any atom is -0.382 e. The fourth-order valence-corrected chi connectivity index (χ4v) is 1.92. The van der Waals surface area contributed by atoms with E-state index in [1.54, 1.807) is 0 Å². The zero-order valence-electron chi connectivity index (χ0n) is 12.8. The van der Waals surface area contributed by atoms with Gasteiger partial charge in [0.15, 0.2) is 6.10 Å². The van der Waals surface area contributed by atoms with Crippen molar-refractivity contribution in [3.63, 3.8) is 0 Å². The number of benzene rings is 1. The third-order valence-corrected chi connectivity index (χ3v) is 3.34. The molecule has 2 atom stereocenters. The first kappa shape index (κ1) is 18.3. The lowest BCUT2D eigenvalue weighted by Crippen LogP contribution is -2.46. The molecule has 0 heterocycles. The van der Waals surface area contributed by atoms with E-state index in [4.69, 9.17) is 5.11 Å². The van der Waals surface area contributed by atoms with Crippen molar-refractivity contribution < 1.29 is 23.1 Å². The van der Waals surface area contributed by atoms with E-state index in [2.05, 4.69) is 5.32 Å². The molecule has 4 nitrogen and oxygen atoms in total. The van der Waals surface area contributed by atoms with Gasteiger partial charge in [0.1, 0.15) is 0 Å². The van der Waals surface area contributed by atoms with Gasteiger partial charge in [0.25, 0.3) is 0 Å². The quantitative estimate of drug-likeness (QED) is 0.877. The van der Waals surface area contributed by atoms with Gasteiger partial charge in [-0.3, -0.25) is 0 Å². The summed E-state index contributed by atoms with van der Waals surface area (Å²) in [5.74, 6) is 0.0322. The number of carbonyl (C=O) groups is 1. The van der Waals surface area contributed by atoms with Gasteiger partial charge in [-0.15, -0.1) is 0 Å². The number of aryl methyl sites for hydroxylation is 1. The topological polar surface area (TPSA) is 52.6 Å². The number of likely N-dealkylation sites (N-methyl/N-ethyl adjacent to an activating group) is 1. The molecule has 0 aromatic heterocycles. The molecule has 7 heteroatoms. The third-order valence-electron chi connectivity index (χ3n) is 3.34. The largest absolute Gasteiger partial charge is 0.416 e. The summed E-state index contributed by atoms with van der Waals surface area (Å²) < 4.78 is 36.7. The highest BCUT2D eigenvalue weighted by Crippen LogP contribution is 2.20. The number of aliphatic hydroxyl groups excluding tert-OH is 1. The first-order chi connectivity index (χ1) is 10.1. The summed E-state index contributed by atoms with van der Waals surface area (Å²) in [6.07, 6.45) is -7.28. The summed E-state index contributed by atoms with van der Waals surface area (Å²) in [5.41, 5.74) is 2.14. The lowest BCUT2D eigenvalue weighted by molar-refractivity contribution is -0.205. The van der Waals surface area contributed by atoms with Crippen LogP contribution in [0, 0.1) is 6.92 Å². The van der Waals surface area contributed by atoms with Crippen LogP contribution in [0.3, 0.4) is 0 Å². The molecule has 2 amide bonds. The van der Waals surface area contributed by atoms with E-state index in [0.29, 0.717) is 6.54 Å². The van der Waals surface area contributed by atoms with Crippen molar-refractivity contribution in [1.82, 2.24) is 10.2 Å². The monoisotopic (exact) mass is 318 g/mol. The Hall–Kier alpha value is -1.76. The van der Waals surface area contributed by atoms with Gasteiger partial charge in [0.2, 0.25) is 0 Å². The van der Waals surface area contributed by atoms with Gasteiger partial charge in [0.05, 0.1) is 6.54 Å². The SMILES string of the molecule is Cc1cccc([C@H](C)CNC(=O)N(C)C[C@H](O)C(F)(F)F)c1. The van der Waals surface area contributed by atoms with Crippen LogP contribution >= 0.6 is 0 Å². The van der Waals surface area contributed by atoms with Crippen molar-refractivity contribution in [2.75, 3.05) is 20.1 Å². The van der Waals surface area contributed by atoms with Gasteiger partial charge in [-0.25, -0.2) is 4.79 Å². The Morgan fingerprint density at radius 2 is 2.05 bits per heavy atom. The summed E-state index contributed by atoms with van der Waals surface area (Å²) in [4.78, 5) is 12.6. The maximum absolute atomic E-state index is 12.2. The Morgan fingerprint density at radius 3 is 2.59 bits per heavy atom. The highest BCUT2D eigenvalue weighted by atomic mass is 19.4. The summed E-state index contributed by atoms with van der Waals surface area (Å²) in [7, 11) is 1.21. The second-order valence-corrected chi connectivity index (χ2v) is 5.44. The number of aliphatic hydroxyl groups is 1. The number of nitrogens with zero attached hydrogens (tertiary/aromatic N) is 1. The van der Waals surface area contributed by atoms with Crippen molar-refractivity contribution in [2.24, 2.45) is 0 Å². The van der Waals surface area contributed by atoms with E-state index in [-0.39, 0.29) is 5.92 Å². The van der Waals surface area contributed by atoms with Crippen LogP contribution in [0.1, 0.15) is 24.0 Å². The van der Waals surface area contributed by atoms with Crippen molar-refractivity contribution in [3.8, 4) is 0 Å². The third kappa shape index (κ3) is 5.55. The van der Waals surface area contributed by atoms with Gasteiger partial charge in [-0.2, -0.15) is 13.2 Å². The molecule has 0 saturated heterocycles. The van der Waals surface area contributed by atoms with Crippen LogP contribution < -0.4 is 5.32 Å². The number of nitrogens with one attached hydrogen (secondary N) is 1. The lowest BCUT2D eigenvalue weighted by atomic mass is 9.99. The molecule has 0 radical (unpaired) electrons. The molecule has 0 aliphatic carbocycles. The number of rotatable bonds is 5. The number of alkyl halides is 3. The minimum atomic E-state index is -4.73. The number of hydrogen-bond acceptors (Lipinski definition) is 2. The van der Waals surface area contributed by atoms with Crippen LogP contribution in [0.25, 0.3) is 0 Å². The predicted molar refractivity (Wildman–Crippen MR) is 77.7 cm³/mol. The molecular formula is C15H21F3N2O2. The number of urea groups is 1. The van der Waals surface area contributed by atoms with Crippen LogP contribution in [0.15, 0.2) is 24.3 Å². The summed E-state index contributed by atoms with van der Waals surface area (Å²) in [5, 5.41) is 11.5. The van der Waals surface area contributed by atoms with E-state index >= 15 is 0 Å². The van der Waals surface area contributed by atoms with Crippen LogP contribution in [0.4, 0.5) is 18.0 Å². The molecule has 124 valence electrons. The molecule has 0 fully saturated rings. The van der Waals surface area contributed by atoms with Crippen LogP contribution in [-0.4, -0.2) is 48.5 Å². The van der Waals surface area contributed by atoms with E-state index in [1.165, 1.54) is 7.05 Å². The molecule has 1 rings (SSSR count). The average molecular weight is 318 g/mol. The first-order valence-electron chi connectivity index (χ1n) is 6.91. The maximum atomic E-state index is 12.2. The van der Waals surface area contributed by atoms with Crippen molar-refractivity contribution in [1.29, 1.82) is 0 Å². The van der Waals surface area contributed by atoms with Gasteiger partial charge >= 0.3 is 12.2 Å². The minimum absolute atomic E-state index is 0.0322. The molecule has 0 bridgehead atoms. The Morgan fingerprint density at radius 1 is 1.41 bits per heavy atom. The molecule has 0 saturated carbocycles. The molecule has 0 spiro atoms. The van der Waals surface area contributed by atoms with Gasteiger partial charge in [0, 0.05) is 13.6 Å². The number of hydrogen-bond donors (Lipinski definition) is 2. The number of halogens is 3. The zero-order valence-corrected chi connectivity index (χ0v) is 12.8. The average Bonchev–Trinajstić information content (AvgIpc) is 2.43. The Balaban J connectivity index is 2.48. The van der Waals surface area contributed by atoms with E-state index in [9.17, 15) is 18.0 Å². The second kappa shape index (κ2) is 7.49. The molecule has 0 aliphatic heterocycles. The van der Waals surface area contributed by atoms with E-state index < -0.39 is 24.9 Å². The smallest absolute Gasteiger partial charge is 0.382 e. The van der Waals surface area contributed by atoms with E-state index in [1.807, 2.05) is 38.1 Å². The Labute approximate surface area is 127 Å². The molecule has 22 heavy (non-hydrogen) atoms. The van der Waals surface area contributed by atoms with Crippen molar-refractivity contribution in [2.45, 2.75) is 32.0 Å². The van der Waals surface area contributed by atoms with Gasteiger partial charge in [-0.1, -0.05) is 36.8 Å². The Kier molecular flexibility index (Phi) is 6.22. The van der Waals surface area contributed by atoms with Crippen molar-refractivity contribution in [3.05, 3.63) is 35.4 Å². The normalized spacial score (nSPS) is 14.3. The highest BCUT2D eigenvalue weighted by molar-refractivity contribution is 5.73. The summed E-state index contributed by atoms with van der Waals surface area (Å²) in [6, 6.07) is 7.15. The highest BCUT2D eigenvalue weighted by Gasteiger charge is 2.39. The van der Waals surface area contributed by atoms with Crippen LogP contribution in [-0.2, 0) is 0 Å². The molecule has 1 aromatic carbocycles. The van der Waals surface area contributed by atoms with Gasteiger partial charge in [-0.05, 0) is 18.4 Å². The Bertz CT molecular complexity index is 506. The summed E-state index contributed by atoms with van der Waals surface area (Å²) in [6.45, 7) is 3.38. The van der Waals surface area contributed by atoms with Crippen LogP contribution in [0.2, 0.25) is 0 Å². The molecule has 1 aromatic rings. The lowest BCUT2D eigenvalue weighted by Gasteiger charge is -2.23. The summed E-state index contributed by atoms with van der Waals surface area (Å²) >= 11 is 0. The molecule has 2 N–H and O–H groups in total. The zero-order chi connectivity index (χ0) is 16.9. The molecular weight excluding hydrogens is 297 g/mol. The number of carbonyl (C=O) groups excluding carboxylic acids is 1. The fraction of sp³-hybridized carbons (Fsp3) is 0.533. The van der Waals surface area contributed by atoms with E-state index in [0.717, 1.165) is 16.0 Å². The predicted octanol–water partition coefficient (Wildman–Crippen LogP) is 2.66.